The van der Waals surface area contributed by atoms with E-state index in [0.717, 1.165) is 11.3 Å². The van der Waals surface area contributed by atoms with Gasteiger partial charge in [0.15, 0.2) is 11.6 Å². The van der Waals surface area contributed by atoms with Gasteiger partial charge in [-0.1, -0.05) is 60.7 Å². The van der Waals surface area contributed by atoms with Crippen LogP contribution in [0.3, 0.4) is 0 Å². The molecule has 4 aromatic carbocycles. The molecule has 7 rings (SSSR count). The third kappa shape index (κ3) is 3.80. The Morgan fingerprint density at radius 2 is 1.55 bits per heavy atom. The number of ketones is 2. The van der Waals surface area contributed by atoms with Crippen molar-refractivity contribution in [3.63, 3.8) is 0 Å². The molecule has 0 aromatic heterocycles. The van der Waals surface area contributed by atoms with Gasteiger partial charge in [-0.05, 0) is 53.6 Å². The number of carbonyl (C=O) groups excluding carboxylic acids is 3. The topological polar surface area (TPSA) is 94.2 Å². The summed E-state index contributed by atoms with van der Waals surface area (Å²) in [6.07, 6.45) is 3.92. The van der Waals surface area contributed by atoms with Crippen LogP contribution in [0.2, 0.25) is 0 Å². The van der Waals surface area contributed by atoms with Crippen molar-refractivity contribution >= 4 is 34.9 Å². The van der Waals surface area contributed by atoms with E-state index >= 15 is 4.79 Å². The van der Waals surface area contributed by atoms with Crippen LogP contribution in [0.15, 0.2) is 97.1 Å². The molecule has 1 N–H and O–H groups in total. The summed E-state index contributed by atoms with van der Waals surface area (Å²) >= 11 is 0. The lowest BCUT2D eigenvalue weighted by molar-refractivity contribution is -0.121. The van der Waals surface area contributed by atoms with Crippen molar-refractivity contribution in [3.8, 4) is 17.2 Å². The first-order valence-corrected chi connectivity index (χ1v) is 14.3. The number of carbonyl (C=O) groups is 3. The van der Waals surface area contributed by atoms with Gasteiger partial charge in [0.05, 0.1) is 38.9 Å². The smallest absolute Gasteiger partial charge is 0.238 e. The highest BCUT2D eigenvalue weighted by atomic mass is 16.5. The molecule has 4 atom stereocenters. The summed E-state index contributed by atoms with van der Waals surface area (Å²) in [7, 11) is 4.55. The number of para-hydroxylation sites is 2. The molecule has 3 aliphatic heterocycles. The van der Waals surface area contributed by atoms with Crippen molar-refractivity contribution in [2.45, 2.75) is 17.5 Å². The number of Topliss-reactive ketones (excluding diaryl/α,β-unsaturated/α-hetero) is 2. The van der Waals surface area contributed by atoms with E-state index < -0.39 is 29.2 Å². The van der Waals surface area contributed by atoms with E-state index in [2.05, 4.69) is 5.32 Å². The quantitative estimate of drug-likeness (QED) is 0.283. The number of hydrogen-bond acceptors (Lipinski definition) is 7. The SMILES string of the molecule is COc1cccc(C(=O)[C@H]2[C@H](C(=O)c3cc(OC)ccc3OC)[C@]3(C(=O)Nc4ccccc43)[C@H]3C=Cc4ccccc4N23)c1. The standard InChI is InChI=1S/C36H30N2O6/c1-42-23-11-8-10-22(19-23)33(39)32-31(34(40)25-20-24(43-2)16-17-29(25)44-3)36(26-12-5-6-13-27(26)37-35(36)41)30-18-15-21-9-4-7-14-28(21)38(30)32/h4-20,30-32H,1-3H3,(H,37,41)/t30-,31-,32-,36-/m1/s1. The van der Waals surface area contributed by atoms with Crippen LogP contribution in [0.4, 0.5) is 11.4 Å². The first-order valence-electron chi connectivity index (χ1n) is 14.3. The van der Waals surface area contributed by atoms with Crippen molar-refractivity contribution in [1.29, 1.82) is 0 Å². The van der Waals surface area contributed by atoms with Crippen molar-refractivity contribution in [2.75, 3.05) is 31.5 Å². The molecule has 220 valence electrons. The number of ether oxygens (including phenoxy) is 3. The molecule has 8 nitrogen and oxygen atoms in total. The van der Waals surface area contributed by atoms with Crippen LogP contribution in [0.5, 0.6) is 17.2 Å². The number of rotatable bonds is 7. The Balaban J connectivity index is 1.55. The second kappa shape index (κ2) is 10.4. The van der Waals surface area contributed by atoms with Crippen LogP contribution in [-0.2, 0) is 10.2 Å². The van der Waals surface area contributed by atoms with E-state index in [1.165, 1.54) is 21.3 Å². The van der Waals surface area contributed by atoms with E-state index in [1.54, 1.807) is 42.5 Å². The average Bonchev–Trinajstić information content (AvgIpc) is 3.55. The molecule has 0 unspecified atom stereocenters. The van der Waals surface area contributed by atoms with Gasteiger partial charge in [-0.2, -0.15) is 0 Å². The molecule has 0 radical (unpaired) electrons. The zero-order valence-corrected chi connectivity index (χ0v) is 24.4. The van der Waals surface area contributed by atoms with Crippen LogP contribution in [-0.4, -0.2) is 50.9 Å². The lowest BCUT2D eigenvalue weighted by Gasteiger charge is -2.37. The number of fused-ring (bicyclic) bond motifs is 6. The molecule has 0 bridgehead atoms. The Morgan fingerprint density at radius 3 is 2.34 bits per heavy atom. The zero-order valence-electron chi connectivity index (χ0n) is 24.4. The van der Waals surface area contributed by atoms with Crippen molar-refractivity contribution in [3.05, 3.63) is 119 Å². The van der Waals surface area contributed by atoms with Gasteiger partial charge >= 0.3 is 0 Å². The van der Waals surface area contributed by atoms with Crippen molar-refractivity contribution in [1.82, 2.24) is 0 Å². The molecule has 1 fully saturated rings. The fraction of sp³-hybridized carbons (Fsp3) is 0.194. The zero-order chi connectivity index (χ0) is 30.6. The largest absolute Gasteiger partial charge is 0.497 e. The third-order valence-corrected chi connectivity index (χ3v) is 9.12. The molecule has 3 aliphatic rings. The van der Waals surface area contributed by atoms with E-state index in [9.17, 15) is 9.59 Å². The Kier molecular flexibility index (Phi) is 6.50. The summed E-state index contributed by atoms with van der Waals surface area (Å²) in [6, 6.07) is 25.3. The van der Waals surface area contributed by atoms with Crippen LogP contribution < -0.4 is 24.4 Å². The molecular formula is C36H30N2O6. The highest BCUT2D eigenvalue weighted by Crippen LogP contribution is 2.58. The highest BCUT2D eigenvalue weighted by molar-refractivity contribution is 6.19. The van der Waals surface area contributed by atoms with E-state index in [4.69, 9.17) is 14.2 Å². The minimum Gasteiger partial charge on any atom is -0.497 e. The number of hydrogen-bond donors (Lipinski definition) is 1. The molecule has 1 saturated heterocycles. The van der Waals surface area contributed by atoms with Crippen LogP contribution in [0.25, 0.3) is 6.08 Å². The number of benzene rings is 4. The molecule has 3 heterocycles. The number of nitrogens with zero attached hydrogens (tertiary/aromatic N) is 1. The molecule has 0 saturated carbocycles. The van der Waals surface area contributed by atoms with Gasteiger partial charge in [-0.25, -0.2) is 0 Å². The molecule has 4 aromatic rings. The van der Waals surface area contributed by atoms with Gasteiger partial charge in [0.2, 0.25) is 5.91 Å². The second-order valence-corrected chi connectivity index (χ2v) is 11.1. The van der Waals surface area contributed by atoms with E-state index in [1.807, 2.05) is 65.6 Å². The van der Waals surface area contributed by atoms with E-state index in [-0.39, 0.29) is 17.3 Å². The Hall–Kier alpha value is -5.37. The lowest BCUT2D eigenvalue weighted by Crippen LogP contribution is -2.51. The van der Waals surface area contributed by atoms with Gasteiger partial charge in [-0.15, -0.1) is 0 Å². The molecule has 0 aliphatic carbocycles. The molecule has 1 spiro atoms. The predicted molar refractivity (Wildman–Crippen MR) is 167 cm³/mol. The minimum atomic E-state index is -1.44. The summed E-state index contributed by atoms with van der Waals surface area (Å²) in [5.74, 6) is -0.879. The third-order valence-electron chi connectivity index (χ3n) is 9.12. The molecular weight excluding hydrogens is 556 g/mol. The Morgan fingerprint density at radius 1 is 0.795 bits per heavy atom. The van der Waals surface area contributed by atoms with E-state index in [0.29, 0.717) is 34.1 Å². The maximum atomic E-state index is 15.2. The van der Waals surface area contributed by atoms with Crippen molar-refractivity contribution in [2.24, 2.45) is 5.92 Å². The molecule has 1 amide bonds. The van der Waals surface area contributed by atoms with Gasteiger partial charge in [0.1, 0.15) is 28.7 Å². The molecule has 8 heteroatoms. The Bertz CT molecular complexity index is 1870. The number of nitrogens with one attached hydrogen (secondary N) is 1. The van der Waals surface area contributed by atoms with Crippen LogP contribution in [0, 0.1) is 5.92 Å². The average molecular weight is 587 g/mol. The monoisotopic (exact) mass is 586 g/mol. The normalized spacial score (nSPS) is 22.6. The Labute approximate surface area is 254 Å². The maximum Gasteiger partial charge on any atom is 0.238 e. The summed E-state index contributed by atoms with van der Waals surface area (Å²) in [5, 5.41) is 3.05. The minimum absolute atomic E-state index is 0.231. The first kappa shape index (κ1) is 27.5. The summed E-state index contributed by atoms with van der Waals surface area (Å²) in [5.41, 5.74) is 2.12. The molecule has 44 heavy (non-hydrogen) atoms. The number of amides is 1. The summed E-state index contributed by atoms with van der Waals surface area (Å²) in [4.78, 5) is 46.6. The van der Waals surface area contributed by atoms with Crippen LogP contribution >= 0.6 is 0 Å². The van der Waals surface area contributed by atoms with Gasteiger partial charge < -0.3 is 24.4 Å². The van der Waals surface area contributed by atoms with Gasteiger partial charge in [0, 0.05) is 16.9 Å². The maximum absolute atomic E-state index is 15.2. The van der Waals surface area contributed by atoms with Crippen LogP contribution in [0.1, 0.15) is 31.8 Å². The van der Waals surface area contributed by atoms with Gasteiger partial charge in [0.25, 0.3) is 0 Å². The second-order valence-electron chi connectivity index (χ2n) is 11.1. The highest BCUT2D eigenvalue weighted by Gasteiger charge is 2.70. The van der Waals surface area contributed by atoms with Gasteiger partial charge in [-0.3, -0.25) is 14.4 Å². The van der Waals surface area contributed by atoms with Crippen molar-refractivity contribution < 1.29 is 28.6 Å². The lowest BCUT2D eigenvalue weighted by atomic mass is 9.64. The summed E-state index contributed by atoms with van der Waals surface area (Å²) < 4.78 is 16.6. The number of methoxy groups -OCH3 is 3. The fourth-order valence-electron chi connectivity index (χ4n) is 7.24. The first-order chi connectivity index (χ1) is 21.4. The predicted octanol–water partition coefficient (Wildman–Crippen LogP) is 5.57. The fourth-order valence-corrected chi connectivity index (χ4v) is 7.24. The summed E-state index contributed by atoms with van der Waals surface area (Å²) in [6.45, 7) is 0. The number of anilines is 2.